The highest BCUT2D eigenvalue weighted by molar-refractivity contribution is 7.95. The normalized spacial score (nSPS) is 18.0. The topological polar surface area (TPSA) is 168 Å². The number of esters is 3. The Morgan fingerprint density at radius 2 is 0.791 bits per heavy atom. The molecule has 0 amide bonds. The van der Waals surface area contributed by atoms with Gasteiger partial charge in [0.15, 0.2) is 17.4 Å². The van der Waals surface area contributed by atoms with E-state index in [1.54, 1.807) is 0 Å². The van der Waals surface area contributed by atoms with Crippen molar-refractivity contribution in [2.75, 3.05) is 47.3 Å². The zero-order valence-corrected chi connectivity index (χ0v) is 61.6. The Kier molecular flexibility index (Phi) is 52.1. The average Bonchev–Trinajstić information content (AvgIpc) is 1.88. The van der Waals surface area contributed by atoms with Crippen molar-refractivity contribution in [1.82, 2.24) is 0 Å². The lowest BCUT2D eigenvalue weighted by Gasteiger charge is -2.28. The number of carbonyl (C=O) groups is 5. The minimum absolute atomic E-state index is 0. The van der Waals surface area contributed by atoms with Gasteiger partial charge < -0.3 is 76.2 Å². The Morgan fingerprint density at radius 1 is 0.473 bits per heavy atom. The van der Waals surface area contributed by atoms with Crippen molar-refractivity contribution in [2.45, 2.75) is 228 Å². The van der Waals surface area contributed by atoms with Gasteiger partial charge in [-0.25, -0.2) is 0 Å². The molecule has 0 bridgehead atoms. The van der Waals surface area contributed by atoms with Crippen LogP contribution in [0, 0.1) is 11.8 Å². The van der Waals surface area contributed by atoms with Crippen LogP contribution in [0.15, 0.2) is 140 Å². The summed E-state index contributed by atoms with van der Waals surface area (Å²) < 4.78 is 47.4. The molecule has 3 heterocycles. The first-order valence-corrected chi connectivity index (χ1v) is 34.7. The molecule has 14 nitrogen and oxygen atoms in total. The maximum Gasteiger partial charge on any atom is 0.305 e. The second-order valence-corrected chi connectivity index (χ2v) is 27.1. The number of hydrogen-bond donors (Lipinski definition) is 0. The van der Waals surface area contributed by atoms with Gasteiger partial charge in [0.25, 0.3) is 0 Å². The van der Waals surface area contributed by atoms with Gasteiger partial charge in [0, 0.05) is 32.1 Å². The first-order chi connectivity index (χ1) is 43.0. The van der Waals surface area contributed by atoms with Gasteiger partial charge in [-0.15, -0.1) is 0 Å². The predicted octanol–water partition coefficient (Wildman–Crippen LogP) is 13.1. The fourth-order valence-corrected chi connectivity index (χ4v) is 13.2. The lowest BCUT2D eigenvalue weighted by atomic mass is 10.0. The molecule has 3 aliphatic heterocycles. The van der Waals surface area contributed by atoms with Crippen LogP contribution < -0.4 is 39.9 Å². The van der Waals surface area contributed by atoms with E-state index in [0.29, 0.717) is 45.2 Å². The van der Waals surface area contributed by atoms with E-state index in [1.165, 1.54) is 62.9 Å². The molecule has 0 aliphatic carbocycles. The largest absolute Gasteiger partial charge is 1.00 e. The van der Waals surface area contributed by atoms with E-state index in [4.69, 9.17) is 28.4 Å². The summed E-state index contributed by atoms with van der Waals surface area (Å²) in [6, 6.07) is 33.0. The highest BCUT2D eigenvalue weighted by atomic mass is 127. The molecular weight excluding hydrogens is 1280 g/mol. The highest BCUT2D eigenvalue weighted by Gasteiger charge is 2.46. The molecule has 3 aliphatic rings. The molecule has 6 rings (SSSR count). The lowest BCUT2D eigenvalue weighted by molar-refractivity contribution is -0.141. The van der Waals surface area contributed by atoms with Crippen LogP contribution in [0.4, 0.5) is 0 Å². The number of methoxy groups -OCH3 is 3. The molecule has 3 aromatic carbocycles. The summed E-state index contributed by atoms with van der Waals surface area (Å²) in [5.41, 5.74) is 0. The third-order valence-corrected chi connectivity index (χ3v) is 18.8. The summed E-state index contributed by atoms with van der Waals surface area (Å²) in [5.74, 6) is -0.327. The number of ether oxygens (including phenoxy) is 9. The standard InChI is InChI=1S/C25H28O2P.C12H20O4.C11H20O2.C10H18O2.C9H18.C5H8O3.C3H6O.HI/c1-25(2)26-20-21(27-25)18-19-28(22-12-6-3-7-13-22,23-14-8-4-9-15-23)24-16-10-5-11-17-24;1-12(2)15-9-10(16-12)7-5-4-6-8-11(13)14-3;1-4-10(2)8-6-5-7-9-11(12)13-3;1-4-5-6-7-9-8-11-10(2,3)12-9;1-4-6-7-8-9(3)5-2;1-8-5(7)3-2-4-6;1-2-3-4;/h3-17,21H,18-20H2,1-2H3;4-5,10H,6-9H2,1-3H3;5-6,10H,4,7-9H2,1-3H3;5-6,9H,4,7-8H2,1-3H3;6-7,9H,4-5,8H2,1-3H3;4H,2-3H2,1H3;3H,2H2,1H3;1H/q+1;;;;;;;/p-1/b;5-4-;2*6-5-;7-6-;;;/t21-;2*10-;2*9-;;;/m00101.../s1. The summed E-state index contributed by atoms with van der Waals surface area (Å²) in [7, 11) is 2.34. The van der Waals surface area contributed by atoms with Crippen molar-refractivity contribution in [3.8, 4) is 0 Å². The summed E-state index contributed by atoms with van der Waals surface area (Å²) in [6.07, 6.45) is 33.7. The molecule has 0 saturated carbocycles. The van der Waals surface area contributed by atoms with Crippen LogP contribution in [-0.4, -0.2) is 113 Å². The van der Waals surface area contributed by atoms with E-state index in [2.05, 4.69) is 183 Å². The fraction of sp³-hybridized carbons (Fsp3) is 0.587. The fourth-order valence-electron chi connectivity index (χ4n) is 8.82. The number of carbonyl (C=O) groups excluding carboxylic acids is 5. The number of hydrogen-bond acceptors (Lipinski definition) is 14. The molecule has 3 aromatic rings. The molecule has 0 aromatic heterocycles. The maximum absolute atomic E-state index is 10.8. The molecule has 514 valence electrons. The van der Waals surface area contributed by atoms with Gasteiger partial charge in [0.05, 0.1) is 72.0 Å². The van der Waals surface area contributed by atoms with E-state index in [9.17, 15) is 24.0 Å². The van der Waals surface area contributed by atoms with E-state index in [-0.39, 0.29) is 78.8 Å². The van der Waals surface area contributed by atoms with Gasteiger partial charge >= 0.3 is 17.9 Å². The van der Waals surface area contributed by atoms with Crippen molar-refractivity contribution in [1.29, 1.82) is 0 Å². The molecule has 0 N–H and O–H groups in total. The predicted molar refractivity (Wildman–Crippen MR) is 370 cm³/mol. The second kappa shape index (κ2) is 53.6. The molecule has 0 radical (unpaired) electrons. The minimum atomic E-state index is -1.78. The van der Waals surface area contributed by atoms with Crippen LogP contribution in [0.3, 0.4) is 0 Å². The minimum Gasteiger partial charge on any atom is -1.00 e. The van der Waals surface area contributed by atoms with Crippen molar-refractivity contribution in [3.05, 3.63) is 140 Å². The molecular formula is C75H118IO14P. The van der Waals surface area contributed by atoms with E-state index < -0.39 is 18.8 Å². The molecule has 0 unspecified atom stereocenters. The Labute approximate surface area is 568 Å². The van der Waals surface area contributed by atoms with Crippen LogP contribution in [0.5, 0.6) is 0 Å². The van der Waals surface area contributed by atoms with Gasteiger partial charge in [0.1, 0.15) is 35.7 Å². The average molecular weight is 1400 g/mol. The van der Waals surface area contributed by atoms with Crippen molar-refractivity contribution in [2.24, 2.45) is 11.8 Å². The second-order valence-electron chi connectivity index (χ2n) is 23.4. The van der Waals surface area contributed by atoms with Gasteiger partial charge in [-0.2, -0.15) is 0 Å². The molecule has 16 heteroatoms. The van der Waals surface area contributed by atoms with Crippen molar-refractivity contribution in [3.63, 3.8) is 0 Å². The summed E-state index contributed by atoms with van der Waals surface area (Å²) >= 11 is 0. The summed E-state index contributed by atoms with van der Waals surface area (Å²) in [4.78, 5) is 50.5. The Morgan fingerprint density at radius 3 is 1.10 bits per heavy atom. The number of rotatable bonds is 28. The smallest absolute Gasteiger partial charge is 0.305 e. The number of aldehydes is 2. The lowest BCUT2D eigenvalue weighted by Crippen LogP contribution is -3.00. The number of benzene rings is 3. The van der Waals surface area contributed by atoms with Crippen LogP contribution in [-0.2, 0) is 66.6 Å². The van der Waals surface area contributed by atoms with Gasteiger partial charge in [-0.3, -0.25) is 14.4 Å². The summed E-state index contributed by atoms with van der Waals surface area (Å²) in [6.45, 7) is 28.8. The zero-order valence-electron chi connectivity index (χ0n) is 58.5. The Balaban J connectivity index is 0. The molecule has 91 heavy (non-hydrogen) atoms. The number of halogens is 1. The van der Waals surface area contributed by atoms with Crippen LogP contribution in [0.1, 0.15) is 193 Å². The first-order valence-electron chi connectivity index (χ1n) is 32.7. The van der Waals surface area contributed by atoms with Crippen molar-refractivity contribution < 1.29 is 90.6 Å². The third-order valence-electron chi connectivity index (χ3n) is 14.3. The van der Waals surface area contributed by atoms with Gasteiger partial charge in [-0.05, 0) is 141 Å². The third kappa shape index (κ3) is 43.0. The van der Waals surface area contributed by atoms with Gasteiger partial charge in [0.2, 0.25) is 0 Å². The first kappa shape index (κ1) is 88.3. The summed E-state index contributed by atoms with van der Waals surface area (Å²) in [5, 5.41) is 4.27. The van der Waals surface area contributed by atoms with Crippen LogP contribution in [0.2, 0.25) is 0 Å². The number of allylic oxidation sites excluding steroid dienone is 6. The van der Waals surface area contributed by atoms with Gasteiger partial charge in [-0.1, -0.05) is 165 Å². The van der Waals surface area contributed by atoms with Crippen molar-refractivity contribution >= 4 is 53.7 Å². The monoisotopic (exact) mass is 1400 g/mol. The molecule has 5 atom stereocenters. The van der Waals surface area contributed by atoms with E-state index >= 15 is 0 Å². The maximum atomic E-state index is 10.8. The Hall–Kier alpha value is -4.71. The molecule has 0 spiro atoms. The molecule has 3 fully saturated rings. The van der Waals surface area contributed by atoms with Crippen LogP contribution in [0.25, 0.3) is 0 Å². The zero-order chi connectivity index (χ0) is 67.5. The Bertz CT molecular complexity index is 2330. The van der Waals surface area contributed by atoms with E-state index in [0.717, 1.165) is 69.4 Å². The quantitative estimate of drug-likeness (QED) is 0.0168. The highest BCUT2D eigenvalue weighted by Crippen LogP contribution is 2.56. The SMILES string of the molecule is CC/C=C\C[C@H](C)CC.CC/C=C\C[C@H]1COC(C)(C)O1.CC1(C)OC[C@H](CC[P+](c2ccccc2)(c2ccccc2)c2ccccc2)O1.CCC=O.CC[C@@H](C)C/C=C\CCC(=O)OC.COC(=O)CC/C=C\C[C@H]1COC(C)(C)O1.COC(=O)CCC=O.[I-]. The van der Waals surface area contributed by atoms with Crippen LogP contribution >= 0.6 is 7.26 Å². The molecule has 3 saturated heterocycles. The van der Waals surface area contributed by atoms with E-state index in [1.807, 2.05) is 60.6 Å².